The van der Waals surface area contributed by atoms with Crippen LogP contribution in [0.4, 0.5) is 0 Å². The van der Waals surface area contributed by atoms with Gasteiger partial charge in [-0.15, -0.1) is 6.42 Å². The first-order chi connectivity index (χ1) is 7.14. The number of ether oxygens (including phenoxy) is 1. The highest BCUT2D eigenvalue weighted by molar-refractivity contribution is 5.79. The lowest BCUT2D eigenvalue weighted by Gasteiger charge is -2.36. The minimum atomic E-state index is -0.846. The van der Waals surface area contributed by atoms with E-state index in [1.807, 2.05) is 0 Å². The minimum absolute atomic E-state index is 0.185. The van der Waals surface area contributed by atoms with E-state index < -0.39 is 11.5 Å². The van der Waals surface area contributed by atoms with E-state index in [4.69, 9.17) is 11.2 Å². The Morgan fingerprint density at radius 3 is 2.67 bits per heavy atom. The van der Waals surface area contributed by atoms with Gasteiger partial charge in [-0.2, -0.15) is 0 Å². The molecule has 0 atom stereocenters. The summed E-state index contributed by atoms with van der Waals surface area (Å²) in [5.74, 6) is 1.60. The molecule has 0 heterocycles. The van der Waals surface area contributed by atoms with Crippen molar-refractivity contribution in [1.82, 2.24) is 5.32 Å². The number of aliphatic carboxylic acids is 1. The summed E-state index contributed by atoms with van der Waals surface area (Å²) in [5, 5.41) is 12.1. The molecule has 0 aromatic carbocycles. The second-order valence-corrected chi connectivity index (χ2v) is 3.88. The summed E-state index contributed by atoms with van der Waals surface area (Å²) in [5.41, 5.74) is -0.846. The van der Waals surface area contributed by atoms with Crippen LogP contribution in [-0.2, 0) is 9.53 Å². The van der Waals surface area contributed by atoms with Crippen LogP contribution in [0.1, 0.15) is 25.7 Å². The molecule has 0 spiro atoms. The van der Waals surface area contributed by atoms with Crippen molar-refractivity contribution in [1.29, 1.82) is 0 Å². The Labute approximate surface area is 90.0 Å². The predicted molar refractivity (Wildman–Crippen MR) is 56.5 cm³/mol. The topological polar surface area (TPSA) is 58.6 Å². The molecule has 1 rings (SSSR count). The van der Waals surface area contributed by atoms with Gasteiger partial charge in [-0.1, -0.05) is 5.92 Å². The largest absolute Gasteiger partial charge is 0.480 e. The molecule has 0 aliphatic heterocycles. The maximum absolute atomic E-state index is 11.2. The Bertz CT molecular complexity index is 261. The molecule has 4 nitrogen and oxygen atoms in total. The van der Waals surface area contributed by atoms with Crippen molar-refractivity contribution >= 4 is 5.97 Å². The van der Waals surface area contributed by atoms with Crippen LogP contribution in [0.3, 0.4) is 0 Å². The van der Waals surface area contributed by atoms with Gasteiger partial charge in [-0.3, -0.25) is 10.1 Å². The number of hydrogen-bond donors (Lipinski definition) is 2. The summed E-state index contributed by atoms with van der Waals surface area (Å²) in [4.78, 5) is 11.2. The van der Waals surface area contributed by atoms with E-state index in [-0.39, 0.29) is 6.10 Å². The molecule has 0 bridgehead atoms. The van der Waals surface area contributed by atoms with Gasteiger partial charge in [0.05, 0.1) is 12.6 Å². The highest BCUT2D eigenvalue weighted by atomic mass is 16.5. The Hall–Kier alpha value is -1.05. The number of carboxylic acid groups (broad SMARTS) is 1. The maximum atomic E-state index is 11.2. The first-order valence-electron chi connectivity index (χ1n) is 5.09. The van der Waals surface area contributed by atoms with Gasteiger partial charge in [0.15, 0.2) is 0 Å². The van der Waals surface area contributed by atoms with E-state index >= 15 is 0 Å². The number of methoxy groups -OCH3 is 1. The van der Waals surface area contributed by atoms with Gasteiger partial charge in [0.1, 0.15) is 5.54 Å². The van der Waals surface area contributed by atoms with E-state index in [9.17, 15) is 9.90 Å². The van der Waals surface area contributed by atoms with E-state index in [0.29, 0.717) is 19.4 Å². The fraction of sp³-hybridized carbons (Fsp3) is 0.727. The second kappa shape index (κ2) is 5.15. The van der Waals surface area contributed by atoms with E-state index in [1.165, 1.54) is 0 Å². The first-order valence-corrected chi connectivity index (χ1v) is 5.09. The van der Waals surface area contributed by atoms with Crippen LogP contribution in [-0.4, -0.2) is 36.4 Å². The van der Waals surface area contributed by atoms with Gasteiger partial charge in [-0.05, 0) is 25.7 Å². The summed E-state index contributed by atoms with van der Waals surface area (Å²) in [7, 11) is 1.66. The number of hydrogen-bond acceptors (Lipinski definition) is 3. The second-order valence-electron chi connectivity index (χ2n) is 3.88. The maximum Gasteiger partial charge on any atom is 0.323 e. The Morgan fingerprint density at radius 2 is 2.27 bits per heavy atom. The lowest BCUT2D eigenvalue weighted by Crippen LogP contribution is -2.55. The minimum Gasteiger partial charge on any atom is -0.480 e. The third kappa shape index (κ3) is 2.71. The Kier molecular flexibility index (Phi) is 4.13. The molecule has 2 N–H and O–H groups in total. The van der Waals surface area contributed by atoms with Crippen LogP contribution in [0, 0.1) is 12.3 Å². The van der Waals surface area contributed by atoms with Crippen molar-refractivity contribution in [2.75, 3.05) is 13.7 Å². The van der Waals surface area contributed by atoms with Crippen molar-refractivity contribution in [3.8, 4) is 12.3 Å². The molecule has 0 radical (unpaired) electrons. The molecule has 0 aromatic heterocycles. The van der Waals surface area contributed by atoms with Gasteiger partial charge in [0, 0.05) is 7.11 Å². The third-order valence-electron chi connectivity index (χ3n) is 3.06. The SMILES string of the molecule is C#CCNC1(C(=O)O)CCC(OC)CC1. The molecule has 0 unspecified atom stereocenters. The normalized spacial score (nSPS) is 30.8. The van der Waals surface area contributed by atoms with Crippen LogP contribution in [0.25, 0.3) is 0 Å². The molecule has 0 saturated heterocycles. The summed E-state index contributed by atoms with van der Waals surface area (Å²) >= 11 is 0. The van der Waals surface area contributed by atoms with Crippen molar-refractivity contribution in [2.24, 2.45) is 0 Å². The number of carboxylic acids is 1. The van der Waals surface area contributed by atoms with Crippen molar-refractivity contribution in [3.05, 3.63) is 0 Å². The summed E-state index contributed by atoms with van der Waals surface area (Å²) in [6.07, 6.45) is 7.99. The molecular formula is C11H17NO3. The molecule has 1 fully saturated rings. The van der Waals surface area contributed by atoms with E-state index in [0.717, 1.165) is 12.8 Å². The molecule has 1 aliphatic rings. The van der Waals surface area contributed by atoms with Gasteiger partial charge >= 0.3 is 5.97 Å². The average molecular weight is 211 g/mol. The number of carbonyl (C=O) groups is 1. The summed E-state index contributed by atoms with van der Waals surface area (Å²) < 4.78 is 5.21. The molecular weight excluding hydrogens is 194 g/mol. The lowest BCUT2D eigenvalue weighted by molar-refractivity contribution is -0.147. The number of rotatable bonds is 4. The predicted octanol–water partition coefficient (Wildman–Crippen LogP) is 0.622. The lowest BCUT2D eigenvalue weighted by atomic mass is 9.80. The van der Waals surface area contributed by atoms with Gasteiger partial charge in [0.25, 0.3) is 0 Å². The monoisotopic (exact) mass is 211 g/mol. The van der Waals surface area contributed by atoms with E-state index in [1.54, 1.807) is 7.11 Å². The average Bonchev–Trinajstić information content (AvgIpc) is 2.27. The smallest absolute Gasteiger partial charge is 0.323 e. The Morgan fingerprint density at radius 1 is 1.67 bits per heavy atom. The molecule has 0 amide bonds. The highest BCUT2D eigenvalue weighted by Gasteiger charge is 2.41. The first kappa shape index (κ1) is 12.0. The quantitative estimate of drug-likeness (QED) is 0.669. The van der Waals surface area contributed by atoms with Crippen LogP contribution < -0.4 is 5.32 Å². The fourth-order valence-corrected chi connectivity index (χ4v) is 2.01. The third-order valence-corrected chi connectivity index (χ3v) is 3.06. The molecule has 15 heavy (non-hydrogen) atoms. The molecule has 1 saturated carbocycles. The number of nitrogens with one attached hydrogen (secondary N) is 1. The zero-order valence-electron chi connectivity index (χ0n) is 8.95. The molecule has 84 valence electrons. The zero-order valence-corrected chi connectivity index (χ0v) is 8.95. The van der Waals surface area contributed by atoms with Crippen LogP contribution >= 0.6 is 0 Å². The van der Waals surface area contributed by atoms with Crippen LogP contribution in [0.2, 0.25) is 0 Å². The summed E-state index contributed by atoms with van der Waals surface area (Å²) in [6, 6.07) is 0. The van der Waals surface area contributed by atoms with Crippen molar-refractivity contribution < 1.29 is 14.6 Å². The van der Waals surface area contributed by atoms with E-state index in [2.05, 4.69) is 11.2 Å². The fourth-order valence-electron chi connectivity index (χ4n) is 2.01. The molecule has 4 heteroatoms. The van der Waals surface area contributed by atoms with Crippen LogP contribution in [0.5, 0.6) is 0 Å². The molecule has 1 aliphatic carbocycles. The van der Waals surface area contributed by atoms with Gasteiger partial charge in [-0.25, -0.2) is 0 Å². The van der Waals surface area contributed by atoms with Gasteiger partial charge in [0.2, 0.25) is 0 Å². The summed E-state index contributed by atoms with van der Waals surface area (Å²) in [6.45, 7) is 0.296. The van der Waals surface area contributed by atoms with Crippen molar-refractivity contribution in [2.45, 2.75) is 37.3 Å². The standard InChI is InChI=1S/C11H17NO3/c1-3-8-12-11(10(13)14)6-4-9(15-2)5-7-11/h1,9,12H,4-8H2,2H3,(H,13,14). The molecule has 0 aromatic rings. The van der Waals surface area contributed by atoms with Crippen molar-refractivity contribution in [3.63, 3.8) is 0 Å². The van der Waals surface area contributed by atoms with Gasteiger partial charge < -0.3 is 9.84 Å². The highest BCUT2D eigenvalue weighted by Crippen LogP contribution is 2.29. The Balaban J connectivity index is 2.61. The number of terminal acetylenes is 1. The zero-order chi connectivity index (χ0) is 11.3. The van der Waals surface area contributed by atoms with Crippen LogP contribution in [0.15, 0.2) is 0 Å².